The molecule has 0 aliphatic heterocycles. The first-order valence-corrected chi connectivity index (χ1v) is 21.9. The van der Waals surface area contributed by atoms with Crippen LogP contribution in [0.15, 0.2) is 182 Å². The number of allylic oxidation sites excluding steroid dienone is 6. The van der Waals surface area contributed by atoms with Gasteiger partial charge < -0.3 is 11.3 Å². The molecule has 2 aliphatic rings. The van der Waals surface area contributed by atoms with E-state index in [-0.39, 0.29) is 45.5 Å². The van der Waals surface area contributed by atoms with Gasteiger partial charge in [0.05, 0.1) is 12.6 Å². The molecule has 0 saturated carbocycles. The Kier molecular flexibility index (Phi) is 16.8. The number of H-pyrrole nitrogens is 1. The van der Waals surface area contributed by atoms with Gasteiger partial charge in [-0.05, 0) is 135 Å². The molecule has 0 saturated heterocycles. The van der Waals surface area contributed by atoms with Crippen LogP contribution in [0.5, 0.6) is 0 Å². The number of imidazole rings is 2. The van der Waals surface area contributed by atoms with Gasteiger partial charge in [-0.15, -0.1) is 30.3 Å². The van der Waals surface area contributed by atoms with Crippen molar-refractivity contribution < 1.29 is 9.55 Å². The van der Waals surface area contributed by atoms with Gasteiger partial charge in [0.15, 0.2) is 0 Å². The number of benzene rings is 5. The van der Waals surface area contributed by atoms with Crippen LogP contribution in [0.25, 0.3) is 45.3 Å². The van der Waals surface area contributed by atoms with E-state index in [4.69, 9.17) is 0 Å². The summed E-state index contributed by atoms with van der Waals surface area (Å²) in [6.45, 7) is 15.0. The Bertz CT molecular complexity index is 2690. The minimum atomic E-state index is 0. The smallest absolute Gasteiger partial charge is 0.335 e. The van der Waals surface area contributed by atoms with Gasteiger partial charge in [-0.3, -0.25) is 4.98 Å². The number of aromatic nitrogens is 4. The molecule has 2 aromatic heterocycles. The SMILES string of the molecule is C[CH-]C.Cc1cc(-c2cccc(N(C3=CCCC=C3)C3=CCC(C)C=C3)c2)cc(C)c1-n1cc[nH+]c1-c1[c-]cccc1.Cc1cccc(C)c1-n1cc[n+](C)c1-c1ccccc1.[Sr+2]. The molecule has 0 radical (unpaired) electrons. The third-order valence-electron chi connectivity index (χ3n) is 11.3. The summed E-state index contributed by atoms with van der Waals surface area (Å²) in [6.07, 6.45) is 27.5. The van der Waals surface area contributed by atoms with Crippen molar-refractivity contribution in [3.8, 4) is 45.3 Å². The monoisotopic (exact) mass is 903 g/mol. The first-order valence-electron chi connectivity index (χ1n) is 21.9. The summed E-state index contributed by atoms with van der Waals surface area (Å²) in [4.78, 5) is 5.82. The van der Waals surface area contributed by atoms with Gasteiger partial charge in [0.25, 0.3) is 5.82 Å². The van der Waals surface area contributed by atoms with Gasteiger partial charge in [-0.2, -0.15) is 18.4 Å². The van der Waals surface area contributed by atoms with Crippen molar-refractivity contribution in [3.05, 3.63) is 217 Å². The van der Waals surface area contributed by atoms with Crippen LogP contribution in [-0.2, 0) is 7.05 Å². The van der Waals surface area contributed by atoms with Gasteiger partial charge in [0.1, 0.15) is 36.2 Å². The number of nitrogens with zero attached hydrogens (tertiary/aromatic N) is 4. The van der Waals surface area contributed by atoms with Crippen LogP contribution < -0.4 is 14.5 Å². The third-order valence-corrected chi connectivity index (χ3v) is 11.3. The van der Waals surface area contributed by atoms with Gasteiger partial charge in [0.2, 0.25) is 5.82 Å². The number of anilines is 1. The molecule has 5 nitrogen and oxygen atoms in total. The zero-order valence-corrected chi connectivity index (χ0v) is 41.9. The Morgan fingerprint density at radius 3 is 2.02 bits per heavy atom. The van der Waals surface area contributed by atoms with Crippen LogP contribution in [0.4, 0.5) is 5.69 Å². The Balaban J connectivity index is 0.000000231. The molecule has 7 aromatic rings. The Morgan fingerprint density at radius 2 is 1.37 bits per heavy atom. The van der Waals surface area contributed by atoms with E-state index in [2.05, 4.69) is 223 Å². The summed E-state index contributed by atoms with van der Waals surface area (Å²) in [5.41, 5.74) is 15.9. The Morgan fingerprint density at radius 1 is 0.698 bits per heavy atom. The van der Waals surface area contributed by atoms with E-state index in [0.29, 0.717) is 5.92 Å². The van der Waals surface area contributed by atoms with Gasteiger partial charge in [-0.25, -0.2) is 9.13 Å². The molecule has 0 bridgehead atoms. The third kappa shape index (κ3) is 11.1. The van der Waals surface area contributed by atoms with E-state index in [1.165, 1.54) is 73.2 Å². The van der Waals surface area contributed by atoms with E-state index in [1.807, 2.05) is 38.6 Å². The largest absolute Gasteiger partial charge is 2.00 e. The number of nitrogens with one attached hydrogen (secondary N) is 1. The van der Waals surface area contributed by atoms with Crippen molar-refractivity contribution in [2.24, 2.45) is 13.0 Å². The first-order chi connectivity index (χ1) is 30.2. The molecule has 0 amide bonds. The molecule has 5 aromatic carbocycles. The van der Waals surface area contributed by atoms with Gasteiger partial charge in [-0.1, -0.05) is 85.3 Å². The summed E-state index contributed by atoms with van der Waals surface area (Å²) in [6, 6.07) is 42.0. The van der Waals surface area contributed by atoms with Crippen molar-refractivity contribution in [2.45, 2.75) is 67.7 Å². The zero-order chi connectivity index (χ0) is 43.6. The van der Waals surface area contributed by atoms with Crippen LogP contribution in [0.2, 0.25) is 0 Å². The van der Waals surface area contributed by atoms with Crippen LogP contribution in [0.3, 0.4) is 0 Å². The van der Waals surface area contributed by atoms with Crippen LogP contribution in [-0.4, -0.2) is 54.6 Å². The quantitative estimate of drug-likeness (QED) is 0.0849. The van der Waals surface area contributed by atoms with Crippen molar-refractivity contribution in [1.29, 1.82) is 0 Å². The Hall–Kier alpha value is -5.24. The summed E-state index contributed by atoms with van der Waals surface area (Å²) >= 11 is 0. The molecule has 1 unspecified atom stereocenters. The zero-order valence-electron chi connectivity index (χ0n) is 38.4. The van der Waals surface area contributed by atoms with E-state index >= 15 is 0 Å². The summed E-state index contributed by atoms with van der Waals surface area (Å²) in [5, 5.41) is 0. The van der Waals surface area contributed by atoms with Crippen molar-refractivity contribution in [1.82, 2.24) is 9.13 Å². The molecule has 6 heteroatoms. The standard InChI is InChI=1S/C36H34N3.C18H19N2.C3H7.Sr/c1-26-17-19-33(20-18-26)39(32-14-8-5-9-15-32)34-16-10-13-30(25-34)31-23-27(2)35(28(3)24-31)38-22-21-37-36(38)29-11-6-4-7-12-29;1-14-8-7-9-15(2)17(14)20-13-12-19(3)18(20)16-10-5-4-6-11-16;1-3-2;/h4,6-8,10-11,13-17,19-26H,5,9,18H2,1-3H3;4-13H,1-3H3;3H,1-2H3;/q-1;+1;-1;+2/p+1. The maximum absolute atomic E-state index is 3.41. The molecule has 9 rings (SSSR count). The summed E-state index contributed by atoms with van der Waals surface area (Å²) < 4.78 is 6.68. The van der Waals surface area contributed by atoms with E-state index in [1.54, 1.807) is 0 Å². The number of hydrogen-bond acceptors (Lipinski definition) is 1. The molecule has 0 spiro atoms. The maximum Gasteiger partial charge on any atom is 2.00 e. The van der Waals surface area contributed by atoms with Crippen molar-refractivity contribution in [2.75, 3.05) is 4.90 Å². The van der Waals surface area contributed by atoms with Crippen LogP contribution in [0.1, 0.15) is 62.3 Å². The number of aromatic amines is 1. The summed E-state index contributed by atoms with van der Waals surface area (Å²) in [7, 11) is 2.09. The van der Waals surface area contributed by atoms with Crippen molar-refractivity contribution in [3.63, 3.8) is 0 Å². The van der Waals surface area contributed by atoms with Gasteiger partial charge >= 0.3 is 45.5 Å². The average molecular weight is 904 g/mol. The number of para-hydroxylation sites is 1. The topological polar surface area (TPSA) is 31.1 Å². The number of aryl methyl sites for hydroxylation is 5. The average Bonchev–Trinajstić information content (AvgIpc) is 3.92. The van der Waals surface area contributed by atoms with E-state index < -0.39 is 0 Å². The molecule has 0 fully saturated rings. The first kappa shape index (κ1) is 47.2. The van der Waals surface area contributed by atoms with Crippen molar-refractivity contribution >= 4 is 51.2 Å². The minimum Gasteiger partial charge on any atom is -0.335 e. The fourth-order valence-corrected chi connectivity index (χ4v) is 8.46. The van der Waals surface area contributed by atoms with Crippen LogP contribution in [0, 0.1) is 46.1 Å². The predicted octanol–water partition coefficient (Wildman–Crippen LogP) is 13.0. The molecule has 2 aliphatic carbocycles. The molecular formula is C57H61N5Sr+2. The second-order valence-electron chi connectivity index (χ2n) is 16.4. The van der Waals surface area contributed by atoms with Crippen LogP contribution >= 0.6 is 0 Å². The molecule has 314 valence electrons. The van der Waals surface area contributed by atoms with E-state index in [9.17, 15) is 0 Å². The second-order valence-corrected chi connectivity index (χ2v) is 16.4. The fraction of sp³-hybridized carbons (Fsp3) is 0.211. The normalized spacial score (nSPS) is 14.0. The Labute approximate surface area is 413 Å². The minimum absolute atomic E-state index is 0. The second kappa shape index (κ2) is 22.4. The predicted molar refractivity (Wildman–Crippen MR) is 265 cm³/mol. The molecule has 1 N–H and O–H groups in total. The number of hydrogen-bond donors (Lipinski definition) is 0. The molecule has 1 atom stereocenters. The molecule has 63 heavy (non-hydrogen) atoms. The van der Waals surface area contributed by atoms with E-state index in [0.717, 1.165) is 30.7 Å². The maximum atomic E-state index is 3.41. The fourth-order valence-electron chi connectivity index (χ4n) is 8.46. The molecular weight excluding hydrogens is 842 g/mol. The summed E-state index contributed by atoms with van der Waals surface area (Å²) in [5.74, 6) is 2.81. The number of rotatable bonds is 8. The molecule has 2 heterocycles. The van der Waals surface area contributed by atoms with Gasteiger partial charge in [0, 0.05) is 17.1 Å².